The summed E-state index contributed by atoms with van der Waals surface area (Å²) in [5.74, 6) is -1.11. The van der Waals surface area contributed by atoms with Crippen LogP contribution in [0, 0.1) is 0 Å². The molecule has 0 saturated heterocycles. The Bertz CT molecular complexity index is 712. The monoisotopic (exact) mass is 337 g/mol. The molecule has 9 nitrogen and oxygen atoms in total. The fraction of sp³-hybridized carbons (Fsp3) is 0.400. The normalized spacial score (nSPS) is 12.3. The molecule has 1 aromatic rings. The molecule has 0 radical (unpaired) electrons. The van der Waals surface area contributed by atoms with Gasteiger partial charge in [0.2, 0.25) is 0 Å². The Kier molecular flexibility index (Phi) is 5.25. The number of hydrogen-bond acceptors (Lipinski definition) is 6. The number of carboxylic acid groups (broad SMARTS) is 1. The number of aromatic nitrogens is 1. The van der Waals surface area contributed by atoms with Gasteiger partial charge in [-0.25, -0.2) is 13.4 Å². The van der Waals surface area contributed by atoms with E-state index in [1.54, 1.807) is 0 Å². The molecule has 118 valence electrons. The highest BCUT2D eigenvalue weighted by Crippen LogP contribution is 2.13. The van der Waals surface area contributed by atoms with Crippen molar-refractivity contribution in [3.05, 3.63) is 18.3 Å². The van der Waals surface area contributed by atoms with Gasteiger partial charge in [0.05, 0.1) is 18.3 Å². The summed E-state index contributed by atoms with van der Waals surface area (Å²) in [6, 6.07) is 2.43. The van der Waals surface area contributed by atoms with Gasteiger partial charge in [0, 0.05) is 19.8 Å². The van der Waals surface area contributed by atoms with Crippen molar-refractivity contribution in [2.75, 3.05) is 24.6 Å². The van der Waals surface area contributed by atoms with Gasteiger partial charge < -0.3 is 5.11 Å². The van der Waals surface area contributed by atoms with E-state index >= 15 is 0 Å². The molecule has 0 amide bonds. The van der Waals surface area contributed by atoms with Crippen LogP contribution in [-0.4, -0.2) is 57.0 Å². The summed E-state index contributed by atoms with van der Waals surface area (Å²) >= 11 is 0. The smallest absolute Gasteiger partial charge is 0.304 e. The third-order valence-electron chi connectivity index (χ3n) is 2.41. The average Bonchev–Trinajstić information content (AvgIpc) is 2.34. The van der Waals surface area contributed by atoms with Crippen molar-refractivity contribution in [2.45, 2.75) is 11.4 Å². The number of rotatable bonds is 7. The molecule has 0 atom stereocenters. The van der Waals surface area contributed by atoms with Crippen molar-refractivity contribution in [2.24, 2.45) is 0 Å². The van der Waals surface area contributed by atoms with Gasteiger partial charge >= 0.3 is 16.2 Å². The minimum atomic E-state index is -3.93. The van der Waals surface area contributed by atoms with E-state index in [2.05, 4.69) is 9.71 Å². The molecular formula is C10H15N3O6S2. The van der Waals surface area contributed by atoms with Crippen molar-refractivity contribution in [3.8, 4) is 0 Å². The third-order valence-corrected chi connectivity index (χ3v) is 4.91. The van der Waals surface area contributed by atoms with Gasteiger partial charge in [-0.3, -0.25) is 9.52 Å². The Hall–Kier alpha value is -1.72. The van der Waals surface area contributed by atoms with Crippen LogP contribution in [0.25, 0.3) is 0 Å². The molecule has 0 aliphatic heterocycles. The average molecular weight is 337 g/mol. The summed E-state index contributed by atoms with van der Waals surface area (Å²) in [6.07, 6.45) is 1.72. The summed E-state index contributed by atoms with van der Waals surface area (Å²) in [5, 5.41) is 8.34. The lowest BCUT2D eigenvalue weighted by Crippen LogP contribution is -2.34. The SMILES string of the molecule is CN(CCC(=O)O)S(=O)(=O)Nc1ccc(S(C)(=O)=O)nc1. The largest absolute Gasteiger partial charge is 0.481 e. The highest BCUT2D eigenvalue weighted by atomic mass is 32.2. The van der Waals surface area contributed by atoms with Gasteiger partial charge in [0.25, 0.3) is 0 Å². The lowest BCUT2D eigenvalue weighted by atomic mass is 10.4. The molecule has 1 heterocycles. The lowest BCUT2D eigenvalue weighted by molar-refractivity contribution is -0.137. The van der Waals surface area contributed by atoms with Gasteiger partial charge in [0.15, 0.2) is 14.9 Å². The highest BCUT2D eigenvalue weighted by molar-refractivity contribution is 7.90. The molecule has 0 aliphatic carbocycles. The van der Waals surface area contributed by atoms with Crippen molar-refractivity contribution >= 4 is 31.7 Å². The second kappa shape index (κ2) is 6.37. The molecule has 0 spiro atoms. The number of sulfone groups is 1. The van der Waals surface area contributed by atoms with Crippen LogP contribution in [-0.2, 0) is 24.8 Å². The first kappa shape index (κ1) is 17.3. The van der Waals surface area contributed by atoms with Crippen LogP contribution in [0.2, 0.25) is 0 Å². The molecular weight excluding hydrogens is 322 g/mol. The molecule has 0 aliphatic rings. The van der Waals surface area contributed by atoms with Crippen LogP contribution in [0.15, 0.2) is 23.4 Å². The highest BCUT2D eigenvalue weighted by Gasteiger charge is 2.19. The molecule has 11 heteroatoms. The molecule has 0 bridgehead atoms. The first-order valence-electron chi connectivity index (χ1n) is 5.64. The van der Waals surface area contributed by atoms with Gasteiger partial charge in [-0.05, 0) is 12.1 Å². The van der Waals surface area contributed by atoms with Gasteiger partial charge in [-0.15, -0.1) is 0 Å². The summed E-state index contributed by atoms with van der Waals surface area (Å²) in [5.41, 5.74) is 0.0737. The number of pyridine rings is 1. The van der Waals surface area contributed by atoms with E-state index in [-0.39, 0.29) is 23.7 Å². The predicted molar refractivity (Wildman–Crippen MR) is 74.8 cm³/mol. The fourth-order valence-corrected chi connectivity index (χ4v) is 2.73. The Balaban J connectivity index is 2.82. The minimum absolute atomic E-state index is 0.0737. The van der Waals surface area contributed by atoms with E-state index < -0.39 is 26.0 Å². The zero-order valence-electron chi connectivity index (χ0n) is 11.3. The van der Waals surface area contributed by atoms with Crippen molar-refractivity contribution < 1.29 is 26.7 Å². The quantitative estimate of drug-likeness (QED) is 0.688. The number of anilines is 1. The molecule has 0 aromatic carbocycles. The van der Waals surface area contributed by atoms with Crippen molar-refractivity contribution in [1.82, 2.24) is 9.29 Å². The predicted octanol–water partition coefficient (Wildman–Crippen LogP) is -0.452. The number of aliphatic carboxylic acids is 1. The van der Waals surface area contributed by atoms with Crippen LogP contribution in [0.1, 0.15) is 6.42 Å². The van der Waals surface area contributed by atoms with Crippen molar-refractivity contribution in [1.29, 1.82) is 0 Å². The Morgan fingerprint density at radius 2 is 1.95 bits per heavy atom. The number of nitrogens with one attached hydrogen (secondary N) is 1. The van der Waals surface area contributed by atoms with E-state index in [0.29, 0.717) is 0 Å². The molecule has 0 saturated carbocycles. The number of carboxylic acids is 1. The maximum Gasteiger partial charge on any atom is 0.304 e. The number of nitrogens with zero attached hydrogens (tertiary/aromatic N) is 2. The third kappa shape index (κ3) is 5.28. The topological polar surface area (TPSA) is 134 Å². The first-order chi connectivity index (χ1) is 9.52. The number of carbonyl (C=O) groups is 1. The summed E-state index contributed by atoms with van der Waals surface area (Å²) in [7, 11) is -6.16. The second-order valence-electron chi connectivity index (χ2n) is 4.23. The molecule has 1 rings (SSSR count). The van der Waals surface area contributed by atoms with Gasteiger partial charge in [-0.1, -0.05) is 0 Å². The fourth-order valence-electron chi connectivity index (χ4n) is 1.26. The molecule has 0 unspecified atom stereocenters. The van der Waals surface area contributed by atoms with Crippen LogP contribution in [0.5, 0.6) is 0 Å². The summed E-state index contributed by atoms with van der Waals surface area (Å²) in [4.78, 5) is 14.1. The Morgan fingerprint density at radius 1 is 1.33 bits per heavy atom. The molecule has 1 aromatic heterocycles. The van der Waals surface area contributed by atoms with Gasteiger partial charge in [0.1, 0.15) is 0 Å². The first-order valence-corrected chi connectivity index (χ1v) is 8.97. The van der Waals surface area contributed by atoms with Crippen LogP contribution < -0.4 is 4.72 Å². The number of hydrogen-bond donors (Lipinski definition) is 2. The maximum absolute atomic E-state index is 11.9. The van der Waals surface area contributed by atoms with Crippen LogP contribution in [0.3, 0.4) is 0 Å². The zero-order chi connectivity index (χ0) is 16.3. The van der Waals surface area contributed by atoms with E-state index in [1.165, 1.54) is 19.2 Å². The Morgan fingerprint density at radius 3 is 2.38 bits per heavy atom. The van der Waals surface area contributed by atoms with E-state index in [4.69, 9.17) is 5.11 Å². The molecule has 21 heavy (non-hydrogen) atoms. The second-order valence-corrected chi connectivity index (χ2v) is 7.97. The van der Waals surface area contributed by atoms with E-state index in [1.807, 2.05) is 0 Å². The van der Waals surface area contributed by atoms with Crippen molar-refractivity contribution in [3.63, 3.8) is 0 Å². The standard InChI is InChI=1S/C10H15N3O6S2/c1-13(6-5-10(14)15)21(18,19)12-8-3-4-9(11-7-8)20(2,16)17/h3-4,7,12H,5-6H2,1-2H3,(H,14,15). The van der Waals surface area contributed by atoms with E-state index in [0.717, 1.165) is 16.8 Å². The molecule has 0 fully saturated rings. The zero-order valence-corrected chi connectivity index (χ0v) is 13.0. The summed E-state index contributed by atoms with van der Waals surface area (Å²) < 4.78 is 49.2. The molecule has 2 N–H and O–H groups in total. The minimum Gasteiger partial charge on any atom is -0.481 e. The lowest BCUT2D eigenvalue weighted by Gasteiger charge is -2.17. The Labute approximate surface area is 122 Å². The van der Waals surface area contributed by atoms with Crippen LogP contribution >= 0.6 is 0 Å². The summed E-state index contributed by atoms with van der Waals surface area (Å²) in [6.45, 7) is -0.195. The van der Waals surface area contributed by atoms with Crippen LogP contribution in [0.4, 0.5) is 5.69 Å². The maximum atomic E-state index is 11.9. The van der Waals surface area contributed by atoms with Gasteiger partial charge in [-0.2, -0.15) is 12.7 Å². The van der Waals surface area contributed by atoms with E-state index in [9.17, 15) is 21.6 Å².